The summed E-state index contributed by atoms with van der Waals surface area (Å²) in [5.41, 5.74) is 0.981. The van der Waals surface area contributed by atoms with Gasteiger partial charge in [0.2, 0.25) is 0 Å². The van der Waals surface area contributed by atoms with Gasteiger partial charge < -0.3 is 19.4 Å². The number of thiazole rings is 1. The van der Waals surface area contributed by atoms with E-state index in [0.717, 1.165) is 53.0 Å². The predicted molar refractivity (Wildman–Crippen MR) is 101 cm³/mol. The Kier molecular flexibility index (Phi) is 4.96. The molecule has 25 heavy (non-hydrogen) atoms. The summed E-state index contributed by atoms with van der Waals surface area (Å²) in [4.78, 5) is 23.6. The van der Waals surface area contributed by atoms with Crippen LogP contribution in [0.4, 0.5) is 9.93 Å². The summed E-state index contributed by atoms with van der Waals surface area (Å²) < 4.78 is 6.44. The molecule has 2 amide bonds. The predicted octanol–water partition coefficient (Wildman–Crippen LogP) is 2.91. The number of carbonyl (C=O) groups is 1. The van der Waals surface area contributed by atoms with Crippen LogP contribution in [0.25, 0.3) is 10.2 Å². The lowest BCUT2D eigenvalue weighted by molar-refractivity contribution is 0.0438. The van der Waals surface area contributed by atoms with Crippen molar-refractivity contribution in [1.29, 1.82) is 0 Å². The fourth-order valence-corrected chi connectivity index (χ4v) is 4.57. The largest absolute Gasteiger partial charge is 0.378 e. The molecule has 0 bridgehead atoms. The highest BCUT2D eigenvalue weighted by Crippen LogP contribution is 2.31. The van der Waals surface area contributed by atoms with E-state index in [9.17, 15) is 4.79 Å². The Hall–Kier alpha value is -1.57. The third-order valence-electron chi connectivity index (χ3n) is 4.66. The molecule has 0 saturated carbocycles. The lowest BCUT2D eigenvalue weighted by Gasteiger charge is -2.32. The highest BCUT2D eigenvalue weighted by atomic mass is 35.5. The molecule has 0 atom stereocenters. The van der Waals surface area contributed by atoms with Crippen LogP contribution in [0.2, 0.25) is 5.02 Å². The van der Waals surface area contributed by atoms with Gasteiger partial charge in [-0.25, -0.2) is 9.78 Å². The first kappa shape index (κ1) is 16.9. The molecule has 1 aromatic heterocycles. The molecule has 0 N–H and O–H groups in total. The van der Waals surface area contributed by atoms with Gasteiger partial charge >= 0.3 is 6.03 Å². The third-order valence-corrected chi connectivity index (χ3v) is 5.97. The molecule has 0 unspecified atom stereocenters. The molecule has 1 aromatic carbocycles. The van der Waals surface area contributed by atoms with E-state index < -0.39 is 0 Å². The van der Waals surface area contributed by atoms with E-state index >= 15 is 0 Å². The minimum atomic E-state index is 0.140. The SMILES string of the molecule is O=C(N1CCOCC1)N1CCCN(c2nc3ccc(Cl)cc3s2)CC1. The Morgan fingerprint density at radius 3 is 2.72 bits per heavy atom. The van der Waals surface area contributed by atoms with Crippen LogP contribution in [0, 0.1) is 0 Å². The quantitative estimate of drug-likeness (QED) is 0.763. The monoisotopic (exact) mass is 380 g/mol. The Morgan fingerprint density at radius 1 is 1.08 bits per heavy atom. The van der Waals surface area contributed by atoms with Gasteiger partial charge in [-0.1, -0.05) is 22.9 Å². The maximum atomic E-state index is 12.7. The first-order valence-electron chi connectivity index (χ1n) is 8.63. The lowest BCUT2D eigenvalue weighted by Crippen LogP contribution is -2.49. The van der Waals surface area contributed by atoms with Gasteiger partial charge in [0, 0.05) is 44.3 Å². The average molecular weight is 381 g/mol. The van der Waals surface area contributed by atoms with Crippen LogP contribution in [0.3, 0.4) is 0 Å². The summed E-state index contributed by atoms with van der Waals surface area (Å²) in [6, 6.07) is 5.94. The molecular weight excluding hydrogens is 360 g/mol. The van der Waals surface area contributed by atoms with E-state index in [1.165, 1.54) is 0 Å². The van der Waals surface area contributed by atoms with Crippen molar-refractivity contribution in [2.24, 2.45) is 0 Å². The van der Waals surface area contributed by atoms with Crippen molar-refractivity contribution in [2.45, 2.75) is 6.42 Å². The summed E-state index contributed by atoms with van der Waals surface area (Å²) in [5.74, 6) is 0. The van der Waals surface area contributed by atoms with Crippen LogP contribution in [0.15, 0.2) is 18.2 Å². The van der Waals surface area contributed by atoms with Crippen LogP contribution in [0.5, 0.6) is 0 Å². The molecule has 3 heterocycles. The van der Waals surface area contributed by atoms with Crippen LogP contribution >= 0.6 is 22.9 Å². The minimum absolute atomic E-state index is 0.140. The van der Waals surface area contributed by atoms with E-state index in [1.54, 1.807) is 11.3 Å². The summed E-state index contributed by atoms with van der Waals surface area (Å²) >= 11 is 7.74. The maximum absolute atomic E-state index is 12.7. The van der Waals surface area contributed by atoms with Gasteiger partial charge in [0.1, 0.15) is 0 Å². The van der Waals surface area contributed by atoms with Gasteiger partial charge in [-0.15, -0.1) is 0 Å². The number of morpholine rings is 1. The number of fused-ring (bicyclic) bond motifs is 1. The highest BCUT2D eigenvalue weighted by Gasteiger charge is 2.25. The smallest absolute Gasteiger partial charge is 0.320 e. The van der Waals surface area contributed by atoms with Crippen molar-refractivity contribution in [1.82, 2.24) is 14.8 Å². The van der Waals surface area contributed by atoms with Crippen LogP contribution in [0.1, 0.15) is 6.42 Å². The van der Waals surface area contributed by atoms with Crippen molar-refractivity contribution < 1.29 is 9.53 Å². The molecule has 2 fully saturated rings. The zero-order valence-electron chi connectivity index (χ0n) is 14.0. The number of hydrogen-bond donors (Lipinski definition) is 0. The number of halogens is 1. The fraction of sp³-hybridized carbons (Fsp3) is 0.529. The second-order valence-corrected chi connectivity index (χ2v) is 7.76. The van der Waals surface area contributed by atoms with E-state index in [1.807, 2.05) is 28.0 Å². The van der Waals surface area contributed by atoms with Crippen LogP contribution < -0.4 is 4.90 Å². The van der Waals surface area contributed by atoms with Gasteiger partial charge in [-0.05, 0) is 24.6 Å². The third kappa shape index (κ3) is 3.68. The Labute approximate surface area is 155 Å². The Bertz CT molecular complexity index is 762. The number of nitrogens with zero attached hydrogens (tertiary/aromatic N) is 4. The number of aromatic nitrogens is 1. The molecule has 134 valence electrons. The van der Waals surface area contributed by atoms with Gasteiger partial charge in [-0.2, -0.15) is 0 Å². The molecule has 4 rings (SSSR count). The highest BCUT2D eigenvalue weighted by molar-refractivity contribution is 7.22. The Morgan fingerprint density at radius 2 is 1.88 bits per heavy atom. The molecule has 8 heteroatoms. The normalized spacial score (nSPS) is 19.3. The van der Waals surface area contributed by atoms with Crippen molar-refractivity contribution in [3.63, 3.8) is 0 Å². The minimum Gasteiger partial charge on any atom is -0.378 e. The Balaban J connectivity index is 1.44. The van der Waals surface area contributed by atoms with Gasteiger partial charge in [0.05, 0.1) is 23.4 Å². The molecular formula is C17H21ClN4O2S. The number of anilines is 1. The number of urea groups is 1. The summed E-state index contributed by atoms with van der Waals surface area (Å²) in [6.45, 7) is 5.91. The number of amides is 2. The lowest BCUT2D eigenvalue weighted by atomic mass is 10.3. The van der Waals surface area contributed by atoms with E-state index in [-0.39, 0.29) is 6.03 Å². The second-order valence-electron chi connectivity index (χ2n) is 6.32. The first-order valence-corrected chi connectivity index (χ1v) is 9.83. The van der Waals surface area contributed by atoms with E-state index in [0.29, 0.717) is 26.3 Å². The summed E-state index contributed by atoms with van der Waals surface area (Å²) in [6.07, 6.45) is 0.951. The molecule has 0 aliphatic carbocycles. The molecule has 2 aromatic rings. The molecule has 0 spiro atoms. The number of benzene rings is 1. The van der Waals surface area contributed by atoms with E-state index in [4.69, 9.17) is 21.3 Å². The fourth-order valence-electron chi connectivity index (χ4n) is 3.28. The molecule has 6 nitrogen and oxygen atoms in total. The van der Waals surface area contributed by atoms with Crippen molar-refractivity contribution in [3.05, 3.63) is 23.2 Å². The molecule has 0 radical (unpaired) electrons. The zero-order valence-corrected chi connectivity index (χ0v) is 15.6. The van der Waals surface area contributed by atoms with Crippen molar-refractivity contribution in [3.8, 4) is 0 Å². The zero-order chi connectivity index (χ0) is 17.2. The number of hydrogen-bond acceptors (Lipinski definition) is 5. The number of ether oxygens (including phenoxy) is 1. The van der Waals surface area contributed by atoms with Gasteiger partial charge in [0.25, 0.3) is 0 Å². The second kappa shape index (κ2) is 7.35. The molecule has 2 aliphatic rings. The van der Waals surface area contributed by atoms with E-state index in [2.05, 4.69) is 4.90 Å². The average Bonchev–Trinajstić information content (AvgIpc) is 2.89. The molecule has 2 aliphatic heterocycles. The standard InChI is InChI=1S/C17H21ClN4O2S/c18-13-2-3-14-15(12-13)25-16(19-14)20-4-1-5-21(7-6-20)17(23)22-8-10-24-11-9-22/h2-3,12H,1,4-11H2. The van der Waals surface area contributed by atoms with Crippen LogP contribution in [-0.2, 0) is 4.74 Å². The molecule has 2 saturated heterocycles. The number of carbonyl (C=O) groups excluding carboxylic acids is 1. The summed E-state index contributed by atoms with van der Waals surface area (Å²) in [5, 5.41) is 1.75. The maximum Gasteiger partial charge on any atom is 0.320 e. The summed E-state index contributed by atoms with van der Waals surface area (Å²) in [7, 11) is 0. The first-order chi connectivity index (χ1) is 12.2. The van der Waals surface area contributed by atoms with Crippen molar-refractivity contribution >= 4 is 44.3 Å². The van der Waals surface area contributed by atoms with Crippen molar-refractivity contribution in [2.75, 3.05) is 57.4 Å². The van der Waals surface area contributed by atoms with Gasteiger partial charge in [-0.3, -0.25) is 0 Å². The topological polar surface area (TPSA) is 48.9 Å². The number of rotatable bonds is 1. The van der Waals surface area contributed by atoms with Crippen LogP contribution in [-0.4, -0.2) is 73.3 Å². The van der Waals surface area contributed by atoms with Gasteiger partial charge in [0.15, 0.2) is 5.13 Å².